The topological polar surface area (TPSA) is 26.3 Å². The Balaban J connectivity index is 2.22. The molecule has 2 rings (SSSR count). The van der Waals surface area contributed by atoms with Gasteiger partial charge in [-0.25, -0.2) is 0 Å². The van der Waals surface area contributed by atoms with E-state index < -0.39 is 0 Å². The molecular formula is C15H11BrCl2O2. The maximum atomic E-state index is 11.6. The Labute approximate surface area is 135 Å². The number of rotatable bonds is 4. The number of Topliss-reactive ketones (excluding diaryl/α,β-unsaturated/α-hetero) is 1. The van der Waals surface area contributed by atoms with Crippen molar-refractivity contribution < 1.29 is 9.53 Å². The average Bonchev–Trinajstić information content (AvgIpc) is 2.37. The van der Waals surface area contributed by atoms with E-state index in [1.165, 1.54) is 6.92 Å². The third-order valence-electron chi connectivity index (χ3n) is 2.72. The van der Waals surface area contributed by atoms with Gasteiger partial charge in [-0.3, -0.25) is 4.79 Å². The lowest BCUT2D eigenvalue weighted by Gasteiger charge is -2.11. The molecule has 2 aromatic rings. The Morgan fingerprint density at radius 1 is 1.20 bits per heavy atom. The zero-order valence-electron chi connectivity index (χ0n) is 10.6. The molecule has 0 amide bonds. The molecule has 0 radical (unpaired) electrons. The fourth-order valence-electron chi connectivity index (χ4n) is 1.70. The summed E-state index contributed by atoms with van der Waals surface area (Å²) in [6.45, 7) is 1.78. The fraction of sp³-hybridized carbons (Fsp3) is 0.133. The van der Waals surface area contributed by atoms with Gasteiger partial charge in [0.25, 0.3) is 0 Å². The van der Waals surface area contributed by atoms with Gasteiger partial charge in [-0.05, 0) is 37.3 Å². The maximum absolute atomic E-state index is 11.6. The number of benzene rings is 2. The zero-order chi connectivity index (χ0) is 14.7. The van der Waals surface area contributed by atoms with Crippen LogP contribution in [0.3, 0.4) is 0 Å². The monoisotopic (exact) mass is 372 g/mol. The van der Waals surface area contributed by atoms with E-state index in [1.54, 1.807) is 36.4 Å². The highest BCUT2D eigenvalue weighted by Crippen LogP contribution is 2.27. The molecule has 0 saturated carbocycles. The molecule has 0 aliphatic heterocycles. The first kappa shape index (κ1) is 15.4. The molecule has 0 aliphatic rings. The lowest BCUT2D eigenvalue weighted by Crippen LogP contribution is -2.02. The van der Waals surface area contributed by atoms with E-state index in [0.29, 0.717) is 21.4 Å². The Morgan fingerprint density at radius 3 is 2.60 bits per heavy atom. The SMILES string of the molecule is CC(=O)c1ccc(Br)cc1OCc1ccc(Cl)cc1Cl. The van der Waals surface area contributed by atoms with Crippen LogP contribution in [0.1, 0.15) is 22.8 Å². The summed E-state index contributed by atoms with van der Waals surface area (Å²) in [6, 6.07) is 10.5. The van der Waals surface area contributed by atoms with Crippen molar-refractivity contribution in [2.45, 2.75) is 13.5 Å². The molecule has 0 fully saturated rings. The maximum Gasteiger partial charge on any atom is 0.163 e. The largest absolute Gasteiger partial charge is 0.488 e. The van der Waals surface area contributed by atoms with E-state index >= 15 is 0 Å². The van der Waals surface area contributed by atoms with Gasteiger partial charge in [0.2, 0.25) is 0 Å². The fourth-order valence-corrected chi connectivity index (χ4v) is 2.50. The molecule has 0 atom stereocenters. The van der Waals surface area contributed by atoms with Gasteiger partial charge in [0.15, 0.2) is 5.78 Å². The lowest BCUT2D eigenvalue weighted by atomic mass is 10.1. The van der Waals surface area contributed by atoms with Gasteiger partial charge in [-0.2, -0.15) is 0 Å². The van der Waals surface area contributed by atoms with Crippen LogP contribution in [0.5, 0.6) is 5.75 Å². The molecule has 104 valence electrons. The Hall–Kier alpha value is -1.03. The summed E-state index contributed by atoms with van der Waals surface area (Å²) in [5.74, 6) is 0.479. The van der Waals surface area contributed by atoms with Crippen LogP contribution in [0, 0.1) is 0 Å². The van der Waals surface area contributed by atoms with E-state index in [2.05, 4.69) is 15.9 Å². The number of hydrogen-bond acceptors (Lipinski definition) is 2. The van der Waals surface area contributed by atoms with Crippen LogP contribution in [-0.4, -0.2) is 5.78 Å². The summed E-state index contributed by atoms with van der Waals surface area (Å²) in [6.07, 6.45) is 0. The van der Waals surface area contributed by atoms with Crippen LogP contribution in [0.4, 0.5) is 0 Å². The molecule has 2 aromatic carbocycles. The average molecular weight is 374 g/mol. The van der Waals surface area contributed by atoms with Crippen molar-refractivity contribution in [3.05, 3.63) is 62.0 Å². The van der Waals surface area contributed by atoms with Crippen molar-refractivity contribution in [3.63, 3.8) is 0 Å². The summed E-state index contributed by atoms with van der Waals surface area (Å²) in [4.78, 5) is 11.6. The second kappa shape index (κ2) is 6.61. The van der Waals surface area contributed by atoms with Crippen LogP contribution in [0.2, 0.25) is 10.0 Å². The normalized spacial score (nSPS) is 10.4. The van der Waals surface area contributed by atoms with E-state index in [-0.39, 0.29) is 12.4 Å². The summed E-state index contributed by atoms with van der Waals surface area (Å²) in [5, 5.41) is 1.11. The van der Waals surface area contributed by atoms with Crippen LogP contribution < -0.4 is 4.74 Å². The van der Waals surface area contributed by atoms with Gasteiger partial charge in [-0.15, -0.1) is 0 Å². The van der Waals surface area contributed by atoms with Gasteiger partial charge < -0.3 is 4.74 Å². The third-order valence-corrected chi connectivity index (χ3v) is 3.80. The summed E-state index contributed by atoms with van der Waals surface area (Å²) >= 11 is 15.3. The van der Waals surface area contributed by atoms with E-state index in [4.69, 9.17) is 27.9 Å². The number of carbonyl (C=O) groups is 1. The molecule has 0 saturated heterocycles. The lowest BCUT2D eigenvalue weighted by molar-refractivity contribution is 0.101. The van der Waals surface area contributed by atoms with Crippen LogP contribution in [0.15, 0.2) is 40.9 Å². The van der Waals surface area contributed by atoms with Crippen LogP contribution in [0.25, 0.3) is 0 Å². The van der Waals surface area contributed by atoms with Crippen molar-refractivity contribution >= 4 is 44.9 Å². The van der Waals surface area contributed by atoms with E-state index in [0.717, 1.165) is 10.0 Å². The highest BCUT2D eigenvalue weighted by molar-refractivity contribution is 9.10. The molecule has 0 bridgehead atoms. The minimum absolute atomic E-state index is 0.0466. The molecule has 0 N–H and O–H groups in total. The second-order valence-electron chi connectivity index (χ2n) is 4.22. The van der Waals surface area contributed by atoms with Gasteiger partial charge in [0.05, 0.1) is 5.56 Å². The Bertz CT molecular complexity index is 656. The number of halogens is 3. The Morgan fingerprint density at radius 2 is 1.95 bits per heavy atom. The predicted octanol–water partition coefficient (Wildman–Crippen LogP) is 5.54. The summed E-state index contributed by atoms with van der Waals surface area (Å²) in [5.41, 5.74) is 1.35. The quantitative estimate of drug-likeness (QED) is 0.658. The number of hydrogen-bond donors (Lipinski definition) is 0. The minimum Gasteiger partial charge on any atom is -0.488 e. The molecule has 20 heavy (non-hydrogen) atoms. The van der Waals surface area contributed by atoms with E-state index in [1.807, 2.05) is 0 Å². The van der Waals surface area contributed by atoms with Gasteiger partial charge in [0, 0.05) is 20.1 Å². The van der Waals surface area contributed by atoms with Crippen molar-refractivity contribution in [3.8, 4) is 5.75 Å². The molecule has 0 heterocycles. The molecule has 5 heteroatoms. The van der Waals surface area contributed by atoms with Crippen molar-refractivity contribution in [2.75, 3.05) is 0 Å². The smallest absolute Gasteiger partial charge is 0.163 e. The molecule has 0 aromatic heterocycles. The first-order valence-corrected chi connectivity index (χ1v) is 7.39. The highest BCUT2D eigenvalue weighted by Gasteiger charge is 2.10. The second-order valence-corrected chi connectivity index (χ2v) is 5.98. The van der Waals surface area contributed by atoms with Gasteiger partial charge >= 0.3 is 0 Å². The summed E-state index contributed by atoms with van der Waals surface area (Å²) < 4.78 is 6.55. The number of ether oxygens (including phenoxy) is 1. The van der Waals surface area contributed by atoms with Gasteiger partial charge in [-0.1, -0.05) is 45.2 Å². The standard InChI is InChI=1S/C15H11BrCl2O2/c1-9(19)13-5-3-11(16)6-15(13)20-8-10-2-4-12(17)7-14(10)18/h2-7H,8H2,1H3. The first-order valence-electron chi connectivity index (χ1n) is 5.84. The van der Waals surface area contributed by atoms with E-state index in [9.17, 15) is 4.79 Å². The summed E-state index contributed by atoms with van der Waals surface area (Å²) in [7, 11) is 0. The number of carbonyl (C=O) groups excluding carboxylic acids is 1. The molecule has 0 aliphatic carbocycles. The van der Waals surface area contributed by atoms with Crippen molar-refractivity contribution in [1.82, 2.24) is 0 Å². The number of ketones is 1. The minimum atomic E-state index is -0.0466. The third kappa shape index (κ3) is 3.75. The van der Waals surface area contributed by atoms with Crippen LogP contribution >= 0.6 is 39.1 Å². The molecule has 0 unspecified atom stereocenters. The zero-order valence-corrected chi connectivity index (χ0v) is 13.7. The Kier molecular flexibility index (Phi) is 5.08. The van der Waals surface area contributed by atoms with Gasteiger partial charge in [0.1, 0.15) is 12.4 Å². The first-order chi connectivity index (χ1) is 9.47. The van der Waals surface area contributed by atoms with Crippen molar-refractivity contribution in [1.29, 1.82) is 0 Å². The van der Waals surface area contributed by atoms with Crippen molar-refractivity contribution in [2.24, 2.45) is 0 Å². The van der Waals surface area contributed by atoms with Crippen LogP contribution in [-0.2, 0) is 6.61 Å². The molecule has 2 nitrogen and oxygen atoms in total. The predicted molar refractivity (Wildman–Crippen MR) is 84.9 cm³/mol. The highest BCUT2D eigenvalue weighted by atomic mass is 79.9. The molecule has 0 spiro atoms. The molecular weight excluding hydrogens is 363 g/mol.